The van der Waals surface area contributed by atoms with Crippen LogP contribution < -0.4 is 5.73 Å². The van der Waals surface area contributed by atoms with Crippen LogP contribution in [0, 0.1) is 12.8 Å². The molecule has 2 N–H and O–H groups in total. The maximum atomic E-state index is 12.5. The molecule has 0 saturated carbocycles. The molecular weight excluding hydrogens is 284 g/mol. The molecule has 0 spiro atoms. The Morgan fingerprint density at radius 1 is 1.35 bits per heavy atom. The number of hydrogen-bond acceptors (Lipinski definition) is 3. The number of benzene rings is 1. The lowest BCUT2D eigenvalue weighted by Crippen LogP contribution is -2.37. The molecule has 0 amide bonds. The molecule has 1 saturated heterocycles. The van der Waals surface area contributed by atoms with Gasteiger partial charge < -0.3 is 10.6 Å². The van der Waals surface area contributed by atoms with Gasteiger partial charge in [0.05, 0.1) is 0 Å². The Labute approximate surface area is 139 Å². The van der Waals surface area contributed by atoms with Crippen LogP contribution in [0.3, 0.4) is 0 Å². The second-order valence-electron chi connectivity index (χ2n) is 6.35. The molecule has 3 heteroatoms. The molecule has 3 nitrogen and oxygen atoms in total. The van der Waals surface area contributed by atoms with Crippen molar-refractivity contribution in [2.24, 2.45) is 11.7 Å². The largest absolute Gasteiger partial charge is 0.330 e. The molecule has 1 heterocycles. The zero-order valence-corrected chi connectivity index (χ0v) is 14.1. The first-order valence-corrected chi connectivity index (χ1v) is 8.49. The Morgan fingerprint density at radius 2 is 2.04 bits per heavy atom. The van der Waals surface area contributed by atoms with Crippen LogP contribution in [-0.2, 0) is 4.79 Å². The Bertz CT molecular complexity index is 569. The van der Waals surface area contributed by atoms with Gasteiger partial charge in [-0.15, -0.1) is 0 Å². The van der Waals surface area contributed by atoms with Gasteiger partial charge >= 0.3 is 0 Å². The van der Waals surface area contributed by atoms with E-state index in [1.807, 2.05) is 24.3 Å². The monoisotopic (exact) mass is 312 g/mol. The summed E-state index contributed by atoms with van der Waals surface area (Å²) >= 11 is 0. The fourth-order valence-corrected chi connectivity index (χ4v) is 3.02. The van der Waals surface area contributed by atoms with E-state index in [4.69, 9.17) is 5.73 Å². The van der Waals surface area contributed by atoms with E-state index >= 15 is 0 Å². The summed E-state index contributed by atoms with van der Waals surface area (Å²) in [5, 5.41) is 0. The number of rotatable bonds is 7. The summed E-state index contributed by atoms with van der Waals surface area (Å²) < 4.78 is 0. The van der Waals surface area contributed by atoms with Gasteiger partial charge in [-0.05, 0) is 62.5 Å². The highest BCUT2D eigenvalue weighted by molar-refractivity contribution is 6.02. The smallest absolute Gasteiger partial charge is 0.164 e. The van der Waals surface area contributed by atoms with E-state index in [-0.39, 0.29) is 5.78 Å². The second kappa shape index (κ2) is 8.80. The number of aryl methyl sites for hydroxylation is 1. The Kier molecular flexibility index (Phi) is 6.75. The number of nitrogens with two attached hydrogens (primary N) is 1. The van der Waals surface area contributed by atoms with Crippen LogP contribution in [0.1, 0.15) is 30.4 Å². The zero-order valence-electron chi connectivity index (χ0n) is 14.1. The molecule has 1 aromatic carbocycles. The molecule has 0 radical (unpaired) electrons. The van der Waals surface area contributed by atoms with E-state index in [9.17, 15) is 4.79 Å². The third-order valence-electron chi connectivity index (χ3n) is 4.74. The molecule has 0 aromatic heterocycles. The number of Topliss-reactive ketones (excluding diaryl/α,β-unsaturated/α-hetero) is 1. The second-order valence-corrected chi connectivity index (χ2v) is 6.35. The first kappa shape index (κ1) is 17.6. The highest BCUT2D eigenvalue weighted by atomic mass is 16.1. The van der Waals surface area contributed by atoms with Gasteiger partial charge in [0.1, 0.15) is 0 Å². The van der Waals surface area contributed by atoms with Crippen LogP contribution in [0.5, 0.6) is 0 Å². The molecular formula is C20H28N2O. The van der Waals surface area contributed by atoms with Crippen LogP contribution in [-0.4, -0.2) is 36.9 Å². The molecule has 1 aliphatic heterocycles. The molecule has 1 aromatic rings. The first-order chi connectivity index (χ1) is 11.1. The zero-order chi connectivity index (χ0) is 16.7. The van der Waals surface area contributed by atoms with E-state index in [1.54, 1.807) is 6.08 Å². The van der Waals surface area contributed by atoms with Crippen molar-refractivity contribution in [3.63, 3.8) is 0 Å². The predicted molar refractivity (Wildman–Crippen MR) is 97.2 cm³/mol. The molecule has 124 valence electrons. The lowest BCUT2D eigenvalue weighted by atomic mass is 9.96. The highest BCUT2D eigenvalue weighted by Crippen LogP contribution is 2.17. The average molecular weight is 312 g/mol. The number of carbonyl (C=O) groups excluding carboxylic acids is 1. The summed E-state index contributed by atoms with van der Waals surface area (Å²) in [5.74, 6) is 0.829. The molecule has 0 aliphatic carbocycles. The number of carbonyl (C=O) groups is 1. The maximum absolute atomic E-state index is 12.5. The van der Waals surface area contributed by atoms with Crippen LogP contribution in [0.15, 0.2) is 42.5 Å². The van der Waals surface area contributed by atoms with Crippen molar-refractivity contribution in [1.82, 2.24) is 4.90 Å². The van der Waals surface area contributed by atoms with E-state index < -0.39 is 0 Å². The summed E-state index contributed by atoms with van der Waals surface area (Å²) in [6.07, 6.45) is 6.48. The van der Waals surface area contributed by atoms with Gasteiger partial charge in [0.25, 0.3) is 0 Å². The van der Waals surface area contributed by atoms with E-state index in [0.29, 0.717) is 17.9 Å². The van der Waals surface area contributed by atoms with Crippen molar-refractivity contribution in [2.45, 2.75) is 26.2 Å². The molecule has 23 heavy (non-hydrogen) atoms. The molecule has 0 bridgehead atoms. The molecule has 0 unspecified atom stereocenters. The SMILES string of the molecule is C=C/C(=C\c1ccccc1C)C(=O)CCN1CCC(CN)CC1. The van der Waals surface area contributed by atoms with Gasteiger partial charge in [0.15, 0.2) is 5.78 Å². The molecule has 2 rings (SSSR count). The summed E-state index contributed by atoms with van der Waals surface area (Å²) in [5.41, 5.74) is 8.68. The Balaban J connectivity index is 1.91. The normalized spacial score (nSPS) is 17.2. The number of likely N-dealkylation sites (tertiary alicyclic amines) is 1. The van der Waals surface area contributed by atoms with Crippen LogP contribution in [0.25, 0.3) is 6.08 Å². The van der Waals surface area contributed by atoms with Crippen LogP contribution >= 0.6 is 0 Å². The van der Waals surface area contributed by atoms with Gasteiger partial charge in [-0.25, -0.2) is 0 Å². The minimum atomic E-state index is 0.171. The van der Waals surface area contributed by atoms with E-state index in [2.05, 4.69) is 24.5 Å². The van der Waals surface area contributed by atoms with Gasteiger partial charge in [-0.2, -0.15) is 0 Å². The van der Waals surface area contributed by atoms with Crippen molar-refractivity contribution >= 4 is 11.9 Å². The predicted octanol–water partition coefficient (Wildman–Crippen LogP) is 3.19. The standard InChI is InChI=1S/C20H28N2O/c1-3-18(14-19-7-5-4-6-16(19)2)20(23)10-13-22-11-8-17(15-21)9-12-22/h3-7,14,17H,1,8-13,15,21H2,2H3/b18-14+. The molecule has 1 aliphatic rings. The fourth-order valence-electron chi connectivity index (χ4n) is 3.02. The minimum absolute atomic E-state index is 0.171. The highest BCUT2D eigenvalue weighted by Gasteiger charge is 2.18. The molecule has 0 atom stereocenters. The van der Waals surface area contributed by atoms with Crippen molar-refractivity contribution in [1.29, 1.82) is 0 Å². The van der Waals surface area contributed by atoms with Gasteiger partial charge in [-0.1, -0.05) is 36.9 Å². The minimum Gasteiger partial charge on any atom is -0.330 e. The fraction of sp³-hybridized carbons (Fsp3) is 0.450. The Morgan fingerprint density at radius 3 is 2.65 bits per heavy atom. The summed E-state index contributed by atoms with van der Waals surface area (Å²) in [7, 11) is 0. The van der Waals surface area contributed by atoms with Crippen molar-refractivity contribution < 1.29 is 4.79 Å². The number of allylic oxidation sites excluding steroid dienone is 2. The number of piperidine rings is 1. The topological polar surface area (TPSA) is 46.3 Å². The summed E-state index contributed by atoms with van der Waals surface area (Å²) in [6.45, 7) is 9.59. The van der Waals surface area contributed by atoms with Gasteiger partial charge in [-0.3, -0.25) is 4.79 Å². The number of ketones is 1. The van der Waals surface area contributed by atoms with E-state index in [1.165, 1.54) is 5.56 Å². The van der Waals surface area contributed by atoms with E-state index in [0.717, 1.165) is 44.6 Å². The van der Waals surface area contributed by atoms with Crippen molar-refractivity contribution in [2.75, 3.05) is 26.2 Å². The lowest BCUT2D eigenvalue weighted by Gasteiger charge is -2.31. The quantitative estimate of drug-likeness (QED) is 0.621. The molecule has 1 fully saturated rings. The maximum Gasteiger partial charge on any atom is 0.164 e. The first-order valence-electron chi connectivity index (χ1n) is 8.49. The summed E-state index contributed by atoms with van der Waals surface area (Å²) in [6, 6.07) is 8.08. The van der Waals surface area contributed by atoms with Crippen molar-refractivity contribution in [3.05, 3.63) is 53.6 Å². The average Bonchev–Trinajstić information content (AvgIpc) is 2.59. The van der Waals surface area contributed by atoms with Crippen molar-refractivity contribution in [3.8, 4) is 0 Å². The number of nitrogens with zero attached hydrogens (tertiary/aromatic N) is 1. The number of hydrogen-bond donors (Lipinski definition) is 1. The third kappa shape index (κ3) is 5.15. The Hall–Kier alpha value is -1.71. The van der Waals surface area contributed by atoms with Gasteiger partial charge in [0.2, 0.25) is 0 Å². The van der Waals surface area contributed by atoms with Crippen LogP contribution in [0.2, 0.25) is 0 Å². The summed E-state index contributed by atoms with van der Waals surface area (Å²) in [4.78, 5) is 14.8. The third-order valence-corrected chi connectivity index (χ3v) is 4.74. The lowest BCUT2D eigenvalue weighted by molar-refractivity contribution is -0.115. The van der Waals surface area contributed by atoms with Gasteiger partial charge in [0, 0.05) is 18.5 Å². The van der Waals surface area contributed by atoms with Crippen LogP contribution in [0.4, 0.5) is 0 Å².